The van der Waals surface area contributed by atoms with E-state index in [9.17, 15) is 23.6 Å². The second-order valence-corrected chi connectivity index (χ2v) is 8.10. The number of hydrogen-bond donors (Lipinski definition) is 2. The summed E-state index contributed by atoms with van der Waals surface area (Å²) in [4.78, 5) is 12.0. The van der Waals surface area contributed by atoms with Crippen molar-refractivity contribution in [3.63, 3.8) is 0 Å². The highest BCUT2D eigenvalue weighted by molar-refractivity contribution is 14.1. The second-order valence-electron chi connectivity index (χ2n) is 5.31. The number of benzene rings is 2. The fourth-order valence-corrected chi connectivity index (χ4v) is 3.90. The van der Waals surface area contributed by atoms with Crippen molar-refractivity contribution in [3.05, 3.63) is 43.5 Å². The molecule has 2 aromatic carbocycles. The topological polar surface area (TPSA) is 150 Å². The Bertz CT molecular complexity index is 1070. The summed E-state index contributed by atoms with van der Waals surface area (Å²) in [5.41, 5.74) is -0.316. The molecule has 156 valence electrons. The number of nitro benzene ring substituents is 1. The Morgan fingerprint density at radius 1 is 1.17 bits per heavy atom. The largest absolute Gasteiger partial charge is 0.506 e. The average molecular weight is 537 g/mol. The van der Waals surface area contributed by atoms with Crippen molar-refractivity contribution in [1.29, 1.82) is 0 Å². The lowest BCUT2D eigenvalue weighted by molar-refractivity contribution is -0.385. The van der Waals surface area contributed by atoms with Crippen LogP contribution in [0.2, 0.25) is 0 Å². The Hall–Kier alpha value is -2.81. The van der Waals surface area contributed by atoms with Crippen LogP contribution >= 0.6 is 22.6 Å². The standard InChI is InChI=1S/C16H16IN3O8S/c1-26-12-4-5-13(16(28-3)15(12)27-2)29(24,25)19-18-8-9-6-10(20(22)23)7-11(17)14(9)21/h4-8,19,21H,1-3H3/b18-8-. The molecule has 2 N–H and O–H groups in total. The van der Waals surface area contributed by atoms with E-state index < -0.39 is 14.9 Å². The lowest BCUT2D eigenvalue weighted by atomic mass is 10.2. The van der Waals surface area contributed by atoms with E-state index >= 15 is 0 Å². The quantitative estimate of drug-likeness (QED) is 0.225. The maximum atomic E-state index is 12.6. The predicted molar refractivity (Wildman–Crippen MR) is 111 cm³/mol. The molecular formula is C16H16IN3O8S. The first kappa shape index (κ1) is 22.5. The third kappa shape index (κ3) is 4.79. The minimum absolute atomic E-state index is 0.0365. The van der Waals surface area contributed by atoms with E-state index in [1.54, 1.807) is 22.6 Å². The number of nitro groups is 1. The smallest absolute Gasteiger partial charge is 0.280 e. The molecule has 0 aliphatic carbocycles. The molecule has 0 spiro atoms. The van der Waals surface area contributed by atoms with Gasteiger partial charge in [-0.2, -0.15) is 18.4 Å². The van der Waals surface area contributed by atoms with Gasteiger partial charge in [0.25, 0.3) is 15.7 Å². The molecule has 0 aromatic heterocycles. The van der Waals surface area contributed by atoms with Crippen LogP contribution in [0.5, 0.6) is 23.0 Å². The Labute approximate surface area is 179 Å². The van der Waals surface area contributed by atoms with Crippen molar-refractivity contribution in [2.75, 3.05) is 21.3 Å². The maximum Gasteiger partial charge on any atom is 0.280 e. The Kier molecular flexibility index (Phi) is 7.07. The van der Waals surface area contributed by atoms with Crippen LogP contribution in [0.25, 0.3) is 0 Å². The first-order chi connectivity index (χ1) is 13.7. The zero-order chi connectivity index (χ0) is 21.8. The molecule has 0 atom stereocenters. The molecule has 0 heterocycles. The van der Waals surface area contributed by atoms with E-state index in [2.05, 4.69) is 5.10 Å². The van der Waals surface area contributed by atoms with E-state index in [1.807, 2.05) is 4.83 Å². The molecule has 0 aliphatic rings. The van der Waals surface area contributed by atoms with E-state index in [0.29, 0.717) is 0 Å². The summed E-state index contributed by atoms with van der Waals surface area (Å²) in [6, 6.07) is 4.86. The van der Waals surface area contributed by atoms with Gasteiger partial charge < -0.3 is 19.3 Å². The lowest BCUT2D eigenvalue weighted by Crippen LogP contribution is -2.19. The summed E-state index contributed by atoms with van der Waals surface area (Å²) in [5, 5.41) is 24.5. The predicted octanol–water partition coefficient (Wildman–Crippen LogP) is 2.24. The van der Waals surface area contributed by atoms with Crippen molar-refractivity contribution in [3.8, 4) is 23.0 Å². The summed E-state index contributed by atoms with van der Waals surface area (Å²) >= 11 is 1.71. The molecule has 11 nitrogen and oxygen atoms in total. The van der Waals surface area contributed by atoms with Gasteiger partial charge in [0.2, 0.25) is 5.75 Å². The summed E-state index contributed by atoms with van der Waals surface area (Å²) in [7, 11) is -0.221. The van der Waals surface area contributed by atoms with Crippen molar-refractivity contribution in [1.82, 2.24) is 4.83 Å². The summed E-state index contributed by atoms with van der Waals surface area (Å²) in [5.74, 6) is -0.0271. The number of nitrogens with one attached hydrogen (secondary N) is 1. The number of phenolic OH excluding ortho intramolecular Hbond substituents is 1. The van der Waals surface area contributed by atoms with Crippen LogP contribution in [0.4, 0.5) is 5.69 Å². The number of halogens is 1. The minimum atomic E-state index is -4.21. The molecule has 0 unspecified atom stereocenters. The Morgan fingerprint density at radius 3 is 2.38 bits per heavy atom. The van der Waals surface area contributed by atoms with Gasteiger partial charge in [-0.05, 0) is 34.7 Å². The highest BCUT2D eigenvalue weighted by Crippen LogP contribution is 2.41. The summed E-state index contributed by atoms with van der Waals surface area (Å²) in [6.45, 7) is 0. The lowest BCUT2D eigenvalue weighted by Gasteiger charge is -2.15. The van der Waals surface area contributed by atoms with Gasteiger partial charge in [-0.15, -0.1) is 0 Å². The zero-order valence-electron chi connectivity index (χ0n) is 15.4. The molecule has 29 heavy (non-hydrogen) atoms. The molecule has 2 rings (SSSR count). The number of non-ortho nitro benzene ring substituents is 1. The minimum Gasteiger partial charge on any atom is -0.506 e. The zero-order valence-corrected chi connectivity index (χ0v) is 18.3. The summed E-state index contributed by atoms with van der Waals surface area (Å²) in [6.07, 6.45) is 0.954. The number of rotatable bonds is 8. The molecular weight excluding hydrogens is 521 g/mol. The van der Waals surface area contributed by atoms with Crippen LogP contribution in [0, 0.1) is 13.7 Å². The molecule has 0 aliphatic heterocycles. The number of phenols is 1. The van der Waals surface area contributed by atoms with Crippen LogP contribution in [0.15, 0.2) is 34.3 Å². The molecule has 0 radical (unpaired) electrons. The van der Waals surface area contributed by atoms with Crippen LogP contribution in [0.3, 0.4) is 0 Å². The van der Waals surface area contributed by atoms with E-state index in [1.165, 1.54) is 39.5 Å². The molecule has 13 heteroatoms. The number of aromatic hydroxyl groups is 1. The first-order valence-corrected chi connectivity index (χ1v) is 10.2. The van der Waals surface area contributed by atoms with Crippen LogP contribution < -0.4 is 19.0 Å². The number of nitrogens with zero attached hydrogens (tertiary/aromatic N) is 2. The van der Waals surface area contributed by atoms with Gasteiger partial charge in [-0.3, -0.25) is 10.1 Å². The Morgan fingerprint density at radius 2 is 1.83 bits per heavy atom. The highest BCUT2D eigenvalue weighted by atomic mass is 127. The van der Waals surface area contributed by atoms with Crippen molar-refractivity contribution >= 4 is 44.5 Å². The van der Waals surface area contributed by atoms with Crippen molar-refractivity contribution in [2.45, 2.75) is 4.90 Å². The molecule has 0 fully saturated rings. The monoisotopic (exact) mass is 537 g/mol. The fourth-order valence-electron chi connectivity index (χ4n) is 2.31. The molecule has 0 saturated carbocycles. The molecule has 0 amide bonds. The van der Waals surface area contributed by atoms with Gasteiger partial charge in [0.15, 0.2) is 11.5 Å². The van der Waals surface area contributed by atoms with Gasteiger partial charge in [0.05, 0.1) is 36.0 Å². The number of ether oxygens (including phenoxy) is 3. The maximum absolute atomic E-state index is 12.6. The van der Waals surface area contributed by atoms with Crippen LogP contribution in [0.1, 0.15) is 5.56 Å². The summed E-state index contributed by atoms with van der Waals surface area (Å²) < 4.78 is 40.9. The Balaban J connectivity index is 2.40. The first-order valence-electron chi connectivity index (χ1n) is 7.67. The van der Waals surface area contributed by atoms with Gasteiger partial charge in [-0.25, -0.2) is 0 Å². The average Bonchev–Trinajstić information content (AvgIpc) is 2.69. The van der Waals surface area contributed by atoms with E-state index in [-0.39, 0.29) is 42.7 Å². The van der Waals surface area contributed by atoms with Gasteiger partial charge in [0.1, 0.15) is 10.6 Å². The molecule has 2 aromatic rings. The van der Waals surface area contributed by atoms with Gasteiger partial charge in [-0.1, -0.05) is 0 Å². The van der Waals surface area contributed by atoms with Gasteiger partial charge in [0, 0.05) is 17.7 Å². The fraction of sp³-hybridized carbons (Fsp3) is 0.188. The molecule has 0 bridgehead atoms. The highest BCUT2D eigenvalue weighted by Gasteiger charge is 2.25. The SMILES string of the molecule is COc1ccc(S(=O)(=O)N/N=C\c2cc([N+](=O)[O-])cc(I)c2O)c(OC)c1OC. The number of hydrazone groups is 1. The third-order valence-electron chi connectivity index (χ3n) is 3.62. The van der Waals surface area contributed by atoms with Crippen molar-refractivity contribution in [2.24, 2.45) is 5.10 Å². The normalized spacial score (nSPS) is 11.3. The number of hydrogen-bond acceptors (Lipinski definition) is 9. The van der Waals surface area contributed by atoms with E-state index in [0.717, 1.165) is 12.3 Å². The molecule has 0 saturated heterocycles. The van der Waals surface area contributed by atoms with E-state index in [4.69, 9.17) is 14.2 Å². The van der Waals surface area contributed by atoms with Gasteiger partial charge >= 0.3 is 0 Å². The second kappa shape index (κ2) is 9.13. The van der Waals surface area contributed by atoms with Crippen LogP contribution in [-0.2, 0) is 10.0 Å². The number of sulfonamides is 1. The number of methoxy groups -OCH3 is 3. The third-order valence-corrected chi connectivity index (χ3v) is 5.69. The van der Waals surface area contributed by atoms with Crippen LogP contribution in [-0.4, -0.2) is 46.0 Å². The van der Waals surface area contributed by atoms with Crippen molar-refractivity contribution < 1.29 is 32.7 Å².